The third-order valence-corrected chi connectivity index (χ3v) is 31.8. The standard InChI is InChI=1S/C28H27N2.C27H24FN2.2C27H25N2.C26H29N2/c1-18-8-11-20(12-9-18)21-14-16-30(5)24(17-21)25-19(2)10-13-22-23-7-6-15-29-27(23)28(3,4)26(22)25;1-17-7-12-21-22-6-5-14-29-26(22)27(2,3)25(21)24(17)23-16-19(13-15-30(23)4)18-8-10-20(28)11-9-18;2*1-18-12-13-21-22-11-8-15-28-26(22)27(2,3)25(21)24(18)23-17-20(14-16-29(23)4)19-9-6-5-7-10-19;1-17(2)19-9-13-28(4)24(15-19)21-16-23-22(14-18(21)3)20-8-7-12-27-25(20)26(23)10-5-6-11-26/h6-17H,1-5H3;5-16H,1-4H3;2*5-17H,1-4H3;7-9,12-17H,5-6,10-11H2,1-4H3/q5*+1/i;;2D3;;1D3,17D. The van der Waals surface area contributed by atoms with Crippen LogP contribution < -0.4 is 22.8 Å². The van der Waals surface area contributed by atoms with Crippen LogP contribution in [0.4, 0.5) is 4.39 Å². The van der Waals surface area contributed by atoms with Crippen LogP contribution in [0.15, 0.2) is 353 Å². The van der Waals surface area contributed by atoms with Crippen molar-refractivity contribution in [3.63, 3.8) is 0 Å². The van der Waals surface area contributed by atoms with Gasteiger partial charge in [-0.25, -0.2) is 27.2 Å². The fourth-order valence-corrected chi connectivity index (χ4v) is 24.3. The fourth-order valence-electron chi connectivity index (χ4n) is 24.3. The molecule has 0 saturated heterocycles. The molecule has 1 spiro atoms. The molecule has 0 aliphatic heterocycles. The van der Waals surface area contributed by atoms with E-state index in [1.54, 1.807) is 12.3 Å². The van der Waals surface area contributed by atoms with E-state index < -0.39 is 25.0 Å². The van der Waals surface area contributed by atoms with Crippen molar-refractivity contribution in [1.82, 2.24) is 24.9 Å². The maximum Gasteiger partial charge on any atom is 0.213 e. The number of hydrogen-bond acceptors (Lipinski definition) is 5. The van der Waals surface area contributed by atoms with E-state index in [0.29, 0.717) is 11.3 Å². The summed E-state index contributed by atoms with van der Waals surface area (Å²) in [5.41, 5.74) is 50.5. The van der Waals surface area contributed by atoms with Crippen LogP contribution in [0.3, 0.4) is 0 Å². The van der Waals surface area contributed by atoms with Crippen LogP contribution >= 0.6 is 0 Å². The van der Waals surface area contributed by atoms with Gasteiger partial charge >= 0.3 is 0 Å². The summed E-state index contributed by atoms with van der Waals surface area (Å²) in [6.07, 6.45) is 24.3. The third kappa shape index (κ3) is 16.7. The lowest BCUT2D eigenvalue weighted by molar-refractivity contribution is -0.660. The topological polar surface area (TPSA) is 83.9 Å². The molecule has 0 amide bonds. The average Bonchev–Trinajstić information content (AvgIpc) is 1.55. The smallest absolute Gasteiger partial charge is 0.213 e. The highest BCUT2D eigenvalue weighted by Gasteiger charge is 2.49. The number of benzene rings is 9. The first-order valence-electron chi connectivity index (χ1n) is 54.5. The van der Waals surface area contributed by atoms with E-state index in [9.17, 15) is 4.39 Å². The molecule has 6 aliphatic carbocycles. The summed E-state index contributed by atoms with van der Waals surface area (Å²) in [5, 5.41) is 0. The molecule has 2 atom stereocenters. The number of aryl methyl sites for hydroxylation is 11. The van der Waals surface area contributed by atoms with Gasteiger partial charge in [-0.1, -0.05) is 269 Å². The van der Waals surface area contributed by atoms with E-state index in [-0.39, 0.29) is 27.5 Å². The van der Waals surface area contributed by atoms with Crippen LogP contribution in [-0.2, 0) is 62.3 Å². The molecular formula is C135H130FN10+5. The molecule has 2 unspecified atom stereocenters. The van der Waals surface area contributed by atoms with Gasteiger partial charge in [0.25, 0.3) is 0 Å². The van der Waals surface area contributed by atoms with E-state index in [2.05, 4.69) is 340 Å². The second kappa shape index (κ2) is 37.9. The maximum atomic E-state index is 13.4. The number of halogens is 1. The molecule has 0 bridgehead atoms. The van der Waals surface area contributed by atoms with Crippen molar-refractivity contribution in [2.45, 2.75) is 169 Å². The predicted molar refractivity (Wildman–Crippen MR) is 593 cm³/mol. The van der Waals surface area contributed by atoms with Gasteiger partial charge in [0.1, 0.15) is 41.1 Å². The minimum absolute atomic E-state index is 0.0206. The zero-order chi connectivity index (χ0) is 108. The Morgan fingerprint density at radius 3 is 0.959 bits per heavy atom. The van der Waals surface area contributed by atoms with Gasteiger partial charge in [0.2, 0.25) is 28.5 Å². The van der Waals surface area contributed by atoms with E-state index in [1.807, 2.05) is 142 Å². The third-order valence-electron chi connectivity index (χ3n) is 31.8. The van der Waals surface area contributed by atoms with Gasteiger partial charge in [0.15, 0.2) is 31.0 Å². The summed E-state index contributed by atoms with van der Waals surface area (Å²) in [7, 11) is 10.3. The monoisotopic (exact) mass is 1920 g/mol. The first-order chi connectivity index (χ1) is 73.0. The predicted octanol–water partition coefficient (Wildman–Crippen LogP) is 29.7. The number of rotatable bonds is 10. The first-order valence-corrected chi connectivity index (χ1v) is 51.0. The fraction of sp³-hybridized carbons (Fsp3) is 0.230. The second-order valence-electron chi connectivity index (χ2n) is 42.5. The van der Waals surface area contributed by atoms with Gasteiger partial charge in [-0.3, -0.25) is 24.9 Å². The zero-order valence-corrected chi connectivity index (χ0v) is 87.2. The van der Waals surface area contributed by atoms with Crippen molar-refractivity contribution in [3.8, 4) is 156 Å². The zero-order valence-electron chi connectivity index (χ0n) is 94.2. The van der Waals surface area contributed by atoms with Gasteiger partial charge in [0, 0.05) is 162 Å². The minimum atomic E-state index is -2.40. The van der Waals surface area contributed by atoms with E-state index in [0.717, 1.165) is 96.8 Å². The van der Waals surface area contributed by atoms with Crippen LogP contribution in [-0.4, -0.2) is 24.9 Å². The number of hydrogen-bond donors (Lipinski definition) is 0. The van der Waals surface area contributed by atoms with Crippen LogP contribution in [0.25, 0.3) is 156 Å². The minimum Gasteiger partial charge on any atom is -0.260 e. The molecule has 11 heteroatoms. The summed E-state index contributed by atoms with van der Waals surface area (Å²) in [6.45, 7) is 25.3. The van der Waals surface area contributed by atoms with Crippen molar-refractivity contribution in [2.75, 3.05) is 0 Å². The highest BCUT2D eigenvalue weighted by Crippen LogP contribution is 2.60. The SMILES string of the molecule is Cc1ccc(-c2cc[n+](C)c(-c3c(C)ccc4c3C(C)(C)c3ncccc3-4)c2)cc1.Cc1ccc2c(c1-c1cc(-c3ccc(F)cc3)cc[n+]1C)C(C)(C)c1ncccc1-2.Cc1ccc2c(c1-c1cc(-c3ccccc3)cc[n+]1C)C(C)(C)c1ncccc1-2.[2H]C([2H])([2H])C([2H])(C)c1cc[n+](C)c(-c2cc3c(cc2C)-c2cccnc2C32CCCC2)c1.[2H]C([2H])([2H])C1(C)c2ncccc2-c2ccc(C)c(-c3cc(-c4ccccc4)cc[n+]3C)c21. The Morgan fingerprint density at radius 2 is 0.603 bits per heavy atom. The molecule has 0 N–H and O–H groups in total. The van der Waals surface area contributed by atoms with Crippen molar-refractivity contribution in [3.05, 3.63) is 454 Å². The van der Waals surface area contributed by atoms with E-state index >= 15 is 0 Å². The molecule has 19 aromatic rings. The molecule has 10 aromatic heterocycles. The molecule has 1 fully saturated rings. The normalized spacial score (nSPS) is 16.3. The Hall–Kier alpha value is -15.6. The van der Waals surface area contributed by atoms with Crippen molar-refractivity contribution in [1.29, 1.82) is 0 Å². The number of pyridine rings is 10. The van der Waals surface area contributed by atoms with Crippen molar-refractivity contribution < 1.29 is 36.8 Å². The van der Waals surface area contributed by atoms with E-state index in [1.165, 1.54) is 188 Å². The van der Waals surface area contributed by atoms with Gasteiger partial charge in [-0.2, -0.15) is 0 Å². The Bertz CT molecular complexity index is 8520. The molecule has 10 heterocycles. The molecule has 0 radical (unpaired) electrons. The molecule has 9 aromatic carbocycles. The van der Waals surface area contributed by atoms with Crippen LogP contribution in [0.2, 0.25) is 0 Å². The molecule has 25 rings (SSSR count). The maximum absolute atomic E-state index is 13.4. The first kappa shape index (κ1) is 88.1. The molecule has 146 heavy (non-hydrogen) atoms. The van der Waals surface area contributed by atoms with Crippen LogP contribution in [0, 0.1) is 47.4 Å². The van der Waals surface area contributed by atoms with Crippen molar-refractivity contribution >= 4 is 0 Å². The van der Waals surface area contributed by atoms with Gasteiger partial charge in [0.05, 0.1) is 50.7 Å². The Labute approximate surface area is 871 Å². The number of fused-ring (bicyclic) bond motifs is 17. The number of nitrogens with zero attached hydrogens (tertiary/aromatic N) is 10. The summed E-state index contributed by atoms with van der Waals surface area (Å²) < 4.78 is 81.9. The average molecular weight is 1920 g/mol. The Morgan fingerprint density at radius 1 is 0.288 bits per heavy atom. The molecule has 1 saturated carbocycles. The molecule has 10 nitrogen and oxygen atoms in total. The molecule has 722 valence electrons. The molecule has 6 aliphatic rings. The summed E-state index contributed by atoms with van der Waals surface area (Å²) in [5.74, 6) is -1.89. The highest BCUT2D eigenvalue weighted by molar-refractivity contribution is 5.94. The largest absolute Gasteiger partial charge is 0.260 e. The summed E-state index contributed by atoms with van der Waals surface area (Å²) >= 11 is 0. The lowest BCUT2D eigenvalue weighted by Crippen LogP contribution is -2.32. The van der Waals surface area contributed by atoms with Crippen LogP contribution in [0.5, 0.6) is 0 Å². The quantitative estimate of drug-likeness (QED) is 0.127. The summed E-state index contributed by atoms with van der Waals surface area (Å²) in [6, 6.07) is 101. The second-order valence-corrected chi connectivity index (χ2v) is 42.5. The van der Waals surface area contributed by atoms with Crippen molar-refractivity contribution in [2.24, 2.45) is 35.2 Å². The number of aromatic nitrogens is 10. The van der Waals surface area contributed by atoms with Gasteiger partial charge in [-0.05, 0) is 242 Å². The lowest BCUT2D eigenvalue weighted by Gasteiger charge is -2.25. The summed E-state index contributed by atoms with van der Waals surface area (Å²) in [4.78, 5) is 23.7. The Balaban J connectivity index is 0.000000111. The van der Waals surface area contributed by atoms with Gasteiger partial charge < -0.3 is 0 Å². The molecular weight excluding hydrogens is 1780 g/mol. The van der Waals surface area contributed by atoms with E-state index in [4.69, 9.17) is 29.5 Å². The lowest BCUT2D eigenvalue weighted by atomic mass is 9.78. The van der Waals surface area contributed by atoms with Crippen LogP contribution in [0.1, 0.15) is 205 Å². The van der Waals surface area contributed by atoms with Gasteiger partial charge in [-0.15, -0.1) is 0 Å². The Kier molecular flexibility index (Phi) is 22.9. The highest BCUT2D eigenvalue weighted by atomic mass is 19.1.